The number of carbonyl (C=O) groups excluding carboxylic acids is 1. The van der Waals surface area contributed by atoms with Crippen molar-refractivity contribution in [1.82, 2.24) is 14.9 Å². The Morgan fingerprint density at radius 1 is 1.23 bits per heavy atom. The Labute approximate surface area is 157 Å². The lowest BCUT2D eigenvalue weighted by molar-refractivity contribution is 0.0947. The molecule has 0 aliphatic rings. The largest absolute Gasteiger partial charge is 0.496 e. The summed E-state index contributed by atoms with van der Waals surface area (Å²) in [5, 5.41) is 2.96. The molecule has 0 aliphatic carbocycles. The van der Waals surface area contributed by atoms with Crippen LogP contribution >= 0.6 is 12.2 Å². The molecule has 5 nitrogen and oxygen atoms in total. The van der Waals surface area contributed by atoms with Gasteiger partial charge in [0, 0.05) is 18.4 Å². The summed E-state index contributed by atoms with van der Waals surface area (Å²) in [5.41, 5.74) is 3.57. The highest BCUT2D eigenvalue weighted by atomic mass is 32.1. The maximum absolute atomic E-state index is 12.6. The fourth-order valence-electron chi connectivity index (χ4n) is 2.87. The number of amides is 1. The highest BCUT2D eigenvalue weighted by Gasteiger charge is 2.14. The van der Waals surface area contributed by atoms with Crippen LogP contribution in [0.1, 0.15) is 21.6 Å². The van der Waals surface area contributed by atoms with Gasteiger partial charge in [-0.15, -0.1) is 0 Å². The first-order valence-electron chi connectivity index (χ1n) is 8.37. The SMILES string of the molecule is COc1ccc(C)cc1CCNC(=O)c1c[nH]c(=S)n1-c1ccccc1. The van der Waals surface area contributed by atoms with Crippen molar-refractivity contribution in [3.63, 3.8) is 0 Å². The molecule has 0 atom stereocenters. The second kappa shape index (κ2) is 8.01. The second-order valence-electron chi connectivity index (χ2n) is 5.97. The van der Waals surface area contributed by atoms with Gasteiger partial charge in [0.2, 0.25) is 0 Å². The number of nitrogens with one attached hydrogen (secondary N) is 2. The maximum atomic E-state index is 12.6. The number of hydrogen-bond acceptors (Lipinski definition) is 3. The van der Waals surface area contributed by atoms with Crippen LogP contribution in [0, 0.1) is 11.7 Å². The highest BCUT2D eigenvalue weighted by molar-refractivity contribution is 7.71. The summed E-state index contributed by atoms with van der Waals surface area (Å²) in [6.07, 6.45) is 2.32. The molecule has 3 aromatic rings. The van der Waals surface area contributed by atoms with Crippen molar-refractivity contribution in [2.75, 3.05) is 13.7 Å². The fraction of sp³-hybridized carbons (Fsp3) is 0.200. The number of imidazole rings is 1. The van der Waals surface area contributed by atoms with Gasteiger partial charge in [-0.2, -0.15) is 0 Å². The zero-order valence-corrected chi connectivity index (χ0v) is 15.6. The molecule has 1 amide bonds. The van der Waals surface area contributed by atoms with Gasteiger partial charge in [0.1, 0.15) is 11.4 Å². The Hall–Kier alpha value is -2.86. The zero-order chi connectivity index (χ0) is 18.5. The van der Waals surface area contributed by atoms with Gasteiger partial charge in [0.15, 0.2) is 4.77 Å². The van der Waals surface area contributed by atoms with Crippen molar-refractivity contribution in [1.29, 1.82) is 0 Å². The first kappa shape index (κ1) is 17.9. The van der Waals surface area contributed by atoms with E-state index in [1.54, 1.807) is 17.9 Å². The molecule has 0 bridgehead atoms. The number of aryl methyl sites for hydroxylation is 1. The van der Waals surface area contributed by atoms with Crippen LogP contribution in [-0.4, -0.2) is 29.1 Å². The van der Waals surface area contributed by atoms with E-state index >= 15 is 0 Å². The van der Waals surface area contributed by atoms with E-state index in [1.165, 1.54) is 0 Å². The molecule has 6 heteroatoms. The minimum Gasteiger partial charge on any atom is -0.496 e. The number of carbonyl (C=O) groups is 1. The molecule has 0 aliphatic heterocycles. The molecule has 2 aromatic carbocycles. The second-order valence-corrected chi connectivity index (χ2v) is 6.36. The summed E-state index contributed by atoms with van der Waals surface area (Å²) in [6, 6.07) is 15.6. The number of H-pyrrole nitrogens is 1. The summed E-state index contributed by atoms with van der Waals surface area (Å²) < 4.78 is 7.61. The zero-order valence-electron chi connectivity index (χ0n) is 14.8. The molecule has 2 N–H and O–H groups in total. The van der Waals surface area contributed by atoms with Crippen LogP contribution in [0.3, 0.4) is 0 Å². The van der Waals surface area contributed by atoms with Crippen LogP contribution in [0.15, 0.2) is 54.7 Å². The molecule has 0 spiro atoms. The first-order valence-corrected chi connectivity index (χ1v) is 8.78. The third-order valence-corrected chi connectivity index (χ3v) is 4.44. The number of para-hydroxylation sites is 1. The molecule has 134 valence electrons. The van der Waals surface area contributed by atoms with E-state index < -0.39 is 0 Å². The molecule has 0 fully saturated rings. The molecular weight excluding hydrogens is 346 g/mol. The van der Waals surface area contributed by atoms with Gasteiger partial charge in [0.25, 0.3) is 5.91 Å². The van der Waals surface area contributed by atoms with Gasteiger partial charge >= 0.3 is 0 Å². The van der Waals surface area contributed by atoms with Crippen molar-refractivity contribution < 1.29 is 9.53 Å². The van der Waals surface area contributed by atoms with E-state index in [1.807, 2.05) is 49.4 Å². The van der Waals surface area contributed by atoms with Crippen LogP contribution in [0.25, 0.3) is 5.69 Å². The van der Waals surface area contributed by atoms with Gasteiger partial charge in [-0.1, -0.05) is 35.9 Å². The maximum Gasteiger partial charge on any atom is 0.269 e. The van der Waals surface area contributed by atoms with Gasteiger partial charge < -0.3 is 15.0 Å². The van der Waals surface area contributed by atoms with E-state index in [2.05, 4.69) is 16.4 Å². The number of nitrogens with zero attached hydrogens (tertiary/aromatic N) is 1. The lowest BCUT2D eigenvalue weighted by Gasteiger charge is -2.11. The number of methoxy groups -OCH3 is 1. The Balaban J connectivity index is 1.73. The predicted octanol–water partition coefficient (Wildman–Crippen LogP) is 3.82. The fourth-order valence-corrected chi connectivity index (χ4v) is 3.14. The standard InChI is InChI=1S/C20H21N3O2S/c1-14-8-9-18(25-2)15(12-14)10-11-21-19(24)17-13-22-20(26)23(17)16-6-4-3-5-7-16/h3-9,12-13H,10-11H2,1-2H3,(H,21,24)(H,22,26). The number of aromatic amines is 1. The number of rotatable bonds is 6. The predicted molar refractivity (Wildman–Crippen MR) is 105 cm³/mol. The van der Waals surface area contributed by atoms with Gasteiger partial charge in [-0.25, -0.2) is 0 Å². The topological polar surface area (TPSA) is 59.0 Å². The van der Waals surface area contributed by atoms with Crippen molar-refractivity contribution in [2.24, 2.45) is 0 Å². The molecule has 1 heterocycles. The summed E-state index contributed by atoms with van der Waals surface area (Å²) in [4.78, 5) is 15.6. The van der Waals surface area contributed by atoms with Gasteiger partial charge in [-0.05, 0) is 49.3 Å². The first-order chi connectivity index (χ1) is 12.6. The Bertz CT molecular complexity index is 961. The van der Waals surface area contributed by atoms with Crippen LogP contribution in [0.5, 0.6) is 5.75 Å². The van der Waals surface area contributed by atoms with E-state index in [-0.39, 0.29) is 5.91 Å². The van der Waals surface area contributed by atoms with Gasteiger partial charge in [0.05, 0.1) is 7.11 Å². The van der Waals surface area contributed by atoms with Crippen molar-refractivity contribution >= 4 is 18.1 Å². The minimum absolute atomic E-state index is 0.173. The van der Waals surface area contributed by atoms with Gasteiger partial charge in [-0.3, -0.25) is 9.36 Å². The van der Waals surface area contributed by atoms with E-state index in [0.717, 1.165) is 22.6 Å². The molecule has 26 heavy (non-hydrogen) atoms. The third-order valence-electron chi connectivity index (χ3n) is 4.14. The number of aromatic nitrogens is 2. The number of benzene rings is 2. The summed E-state index contributed by atoms with van der Waals surface area (Å²) in [5.74, 6) is 0.659. The van der Waals surface area contributed by atoms with Crippen molar-refractivity contribution in [2.45, 2.75) is 13.3 Å². The van der Waals surface area contributed by atoms with E-state index in [9.17, 15) is 4.79 Å². The molecule has 0 unspecified atom stereocenters. The van der Waals surface area contributed by atoms with Crippen LogP contribution in [-0.2, 0) is 6.42 Å². The quantitative estimate of drug-likeness (QED) is 0.651. The van der Waals surface area contributed by atoms with Crippen molar-refractivity contribution in [3.05, 3.63) is 76.3 Å². The molecular formula is C20H21N3O2S. The average molecular weight is 367 g/mol. The highest BCUT2D eigenvalue weighted by Crippen LogP contribution is 2.20. The summed E-state index contributed by atoms with van der Waals surface area (Å²) in [6.45, 7) is 2.54. The summed E-state index contributed by atoms with van der Waals surface area (Å²) >= 11 is 5.32. The molecule has 0 radical (unpaired) electrons. The molecule has 3 rings (SSSR count). The van der Waals surface area contributed by atoms with Crippen LogP contribution in [0.4, 0.5) is 0 Å². The Kier molecular flexibility index (Phi) is 5.53. The van der Waals surface area contributed by atoms with Crippen LogP contribution < -0.4 is 10.1 Å². The number of hydrogen-bond donors (Lipinski definition) is 2. The normalized spacial score (nSPS) is 10.5. The smallest absolute Gasteiger partial charge is 0.269 e. The van der Waals surface area contributed by atoms with Crippen molar-refractivity contribution in [3.8, 4) is 11.4 Å². The Morgan fingerprint density at radius 3 is 2.73 bits per heavy atom. The summed E-state index contributed by atoms with van der Waals surface area (Å²) in [7, 11) is 1.65. The lowest BCUT2D eigenvalue weighted by atomic mass is 10.1. The number of ether oxygens (including phenoxy) is 1. The third kappa shape index (κ3) is 3.86. The van der Waals surface area contributed by atoms with Crippen LogP contribution in [0.2, 0.25) is 0 Å². The van der Waals surface area contributed by atoms with E-state index in [0.29, 0.717) is 23.4 Å². The molecule has 0 saturated carbocycles. The lowest BCUT2D eigenvalue weighted by Crippen LogP contribution is -2.27. The van der Waals surface area contributed by atoms with E-state index in [4.69, 9.17) is 17.0 Å². The minimum atomic E-state index is -0.173. The monoisotopic (exact) mass is 367 g/mol. The Morgan fingerprint density at radius 2 is 2.00 bits per heavy atom. The average Bonchev–Trinajstić information content (AvgIpc) is 3.04. The molecule has 1 aromatic heterocycles. The molecule has 0 saturated heterocycles.